The molecule has 1 N–H and O–H groups in total. The fraction of sp³-hybridized carbons (Fsp3) is 0.455. The van der Waals surface area contributed by atoms with Crippen LogP contribution in [0.5, 0.6) is 11.6 Å². The molecule has 0 saturated carbocycles. The molecule has 0 aliphatic carbocycles. The van der Waals surface area contributed by atoms with Crippen LogP contribution in [0.1, 0.15) is 22.0 Å². The molecule has 1 amide bonds. The van der Waals surface area contributed by atoms with Crippen molar-refractivity contribution in [3.63, 3.8) is 0 Å². The smallest absolute Gasteiger partial charge is 0.256 e. The highest BCUT2D eigenvalue weighted by molar-refractivity contribution is 5.96. The van der Waals surface area contributed by atoms with Gasteiger partial charge in [0.15, 0.2) is 0 Å². The topological polar surface area (TPSA) is 82.2 Å². The lowest BCUT2D eigenvalue weighted by molar-refractivity contribution is 0.0162. The number of methoxy groups -OCH3 is 2. The number of amides is 1. The van der Waals surface area contributed by atoms with Gasteiger partial charge in [-0.15, -0.1) is 0 Å². The molecule has 0 radical (unpaired) electrons. The van der Waals surface area contributed by atoms with Crippen LogP contribution in [0.25, 0.3) is 0 Å². The van der Waals surface area contributed by atoms with Gasteiger partial charge < -0.3 is 24.3 Å². The van der Waals surface area contributed by atoms with Gasteiger partial charge in [-0.05, 0) is 29.8 Å². The lowest BCUT2D eigenvalue weighted by Crippen LogP contribution is -2.43. The van der Waals surface area contributed by atoms with E-state index in [2.05, 4.69) is 15.2 Å². The highest BCUT2D eigenvalue weighted by atomic mass is 16.5. The first-order valence-electron chi connectivity index (χ1n) is 10.0. The molecule has 1 aliphatic heterocycles. The predicted molar refractivity (Wildman–Crippen MR) is 112 cm³/mol. The first-order chi connectivity index (χ1) is 14.7. The Hall–Kier alpha value is -2.68. The van der Waals surface area contributed by atoms with Crippen molar-refractivity contribution in [3.8, 4) is 11.6 Å². The van der Waals surface area contributed by atoms with Gasteiger partial charge in [-0.3, -0.25) is 9.69 Å². The first-order valence-corrected chi connectivity index (χ1v) is 10.0. The summed E-state index contributed by atoms with van der Waals surface area (Å²) in [6.07, 6.45) is 1.60. The highest BCUT2D eigenvalue weighted by Crippen LogP contribution is 2.24. The summed E-state index contributed by atoms with van der Waals surface area (Å²) in [6.45, 7) is 4.19. The lowest BCUT2D eigenvalue weighted by Gasteiger charge is -2.35. The maximum atomic E-state index is 12.9. The molecule has 162 valence electrons. The molecule has 1 aliphatic rings. The number of hydrogen-bond acceptors (Lipinski definition) is 7. The standard InChI is InChI=1S/C22H29N3O5/c1-27-14-15-30-22-19(4-3-9-23-22)21(26)24-16-20(25-10-12-29-13-11-25)17-5-7-18(28-2)8-6-17/h3-9,20H,10-16H2,1-2H3,(H,24,26). The van der Waals surface area contributed by atoms with Crippen molar-refractivity contribution in [2.75, 3.05) is 60.3 Å². The number of nitrogens with one attached hydrogen (secondary N) is 1. The van der Waals surface area contributed by atoms with E-state index in [1.165, 1.54) is 0 Å². The number of ether oxygens (including phenoxy) is 4. The summed E-state index contributed by atoms with van der Waals surface area (Å²) in [5.74, 6) is 0.887. The molecule has 8 nitrogen and oxygen atoms in total. The van der Waals surface area contributed by atoms with Gasteiger partial charge in [0.25, 0.3) is 5.91 Å². The van der Waals surface area contributed by atoms with E-state index >= 15 is 0 Å². The van der Waals surface area contributed by atoms with Crippen LogP contribution in [0.15, 0.2) is 42.6 Å². The van der Waals surface area contributed by atoms with Crippen LogP contribution in [0.4, 0.5) is 0 Å². The second-order valence-electron chi connectivity index (χ2n) is 6.84. The van der Waals surface area contributed by atoms with Crippen molar-refractivity contribution in [1.82, 2.24) is 15.2 Å². The van der Waals surface area contributed by atoms with Gasteiger partial charge in [0.05, 0.1) is 33.0 Å². The number of rotatable bonds is 10. The summed E-state index contributed by atoms with van der Waals surface area (Å²) in [6, 6.07) is 11.4. The summed E-state index contributed by atoms with van der Waals surface area (Å²) in [7, 11) is 3.25. The summed E-state index contributed by atoms with van der Waals surface area (Å²) in [5, 5.41) is 3.05. The fourth-order valence-corrected chi connectivity index (χ4v) is 3.36. The zero-order valence-electron chi connectivity index (χ0n) is 17.5. The van der Waals surface area contributed by atoms with Gasteiger partial charge >= 0.3 is 0 Å². The van der Waals surface area contributed by atoms with Crippen molar-refractivity contribution in [1.29, 1.82) is 0 Å². The molecule has 1 atom stereocenters. The van der Waals surface area contributed by atoms with Crippen LogP contribution >= 0.6 is 0 Å². The average molecular weight is 415 g/mol. The van der Waals surface area contributed by atoms with Gasteiger partial charge in [-0.2, -0.15) is 0 Å². The number of pyridine rings is 1. The molecule has 1 aromatic carbocycles. The van der Waals surface area contributed by atoms with E-state index in [0.29, 0.717) is 44.4 Å². The Morgan fingerprint density at radius 2 is 1.93 bits per heavy atom. The quantitative estimate of drug-likeness (QED) is 0.594. The molecule has 1 aromatic heterocycles. The van der Waals surface area contributed by atoms with Crippen LogP contribution in [-0.2, 0) is 9.47 Å². The molecular formula is C22H29N3O5. The number of carbonyl (C=O) groups is 1. The summed E-state index contributed by atoms with van der Waals surface area (Å²) >= 11 is 0. The fourth-order valence-electron chi connectivity index (χ4n) is 3.36. The Balaban J connectivity index is 1.71. The molecule has 1 fully saturated rings. The lowest BCUT2D eigenvalue weighted by atomic mass is 10.0. The number of nitrogens with zero attached hydrogens (tertiary/aromatic N) is 2. The van der Waals surface area contributed by atoms with Gasteiger partial charge in [-0.25, -0.2) is 4.98 Å². The van der Waals surface area contributed by atoms with Gasteiger partial charge in [0, 0.05) is 32.9 Å². The van der Waals surface area contributed by atoms with Gasteiger partial charge in [-0.1, -0.05) is 12.1 Å². The maximum Gasteiger partial charge on any atom is 0.256 e. The molecule has 1 saturated heterocycles. The molecule has 2 heterocycles. The van der Waals surface area contributed by atoms with E-state index in [1.54, 1.807) is 32.5 Å². The molecule has 30 heavy (non-hydrogen) atoms. The van der Waals surface area contributed by atoms with E-state index in [1.807, 2.05) is 24.3 Å². The van der Waals surface area contributed by atoms with E-state index in [0.717, 1.165) is 24.4 Å². The number of carbonyl (C=O) groups excluding carboxylic acids is 1. The molecule has 0 spiro atoms. The Labute approximate surface area is 177 Å². The summed E-state index contributed by atoms with van der Waals surface area (Å²) in [4.78, 5) is 19.4. The third kappa shape index (κ3) is 5.91. The van der Waals surface area contributed by atoms with Crippen LogP contribution in [0.3, 0.4) is 0 Å². The normalized spacial score (nSPS) is 15.4. The molecule has 3 rings (SSSR count). The second kappa shape index (κ2) is 11.5. The SMILES string of the molecule is COCCOc1ncccc1C(=O)NCC(c1ccc(OC)cc1)N1CCOCC1. The average Bonchev–Trinajstić information content (AvgIpc) is 2.80. The van der Waals surface area contributed by atoms with Crippen molar-refractivity contribution in [2.24, 2.45) is 0 Å². The van der Waals surface area contributed by atoms with Gasteiger partial charge in [0.1, 0.15) is 17.9 Å². The zero-order chi connectivity index (χ0) is 21.2. The Kier molecular flexibility index (Phi) is 8.43. The Morgan fingerprint density at radius 1 is 1.17 bits per heavy atom. The number of hydrogen-bond donors (Lipinski definition) is 1. The largest absolute Gasteiger partial charge is 0.497 e. The molecule has 8 heteroatoms. The first kappa shape index (κ1) is 22.0. The van der Waals surface area contributed by atoms with Gasteiger partial charge in [0.2, 0.25) is 5.88 Å². The van der Waals surface area contributed by atoms with Crippen LogP contribution in [0.2, 0.25) is 0 Å². The van der Waals surface area contributed by atoms with E-state index < -0.39 is 0 Å². The number of morpholine rings is 1. The minimum absolute atomic E-state index is 0.0262. The zero-order valence-corrected chi connectivity index (χ0v) is 17.5. The Morgan fingerprint density at radius 3 is 2.63 bits per heavy atom. The molecule has 1 unspecified atom stereocenters. The Bertz CT molecular complexity index is 794. The third-order valence-electron chi connectivity index (χ3n) is 4.99. The summed E-state index contributed by atoms with van der Waals surface area (Å²) < 4.78 is 21.4. The van der Waals surface area contributed by atoms with E-state index in [9.17, 15) is 4.79 Å². The summed E-state index contributed by atoms with van der Waals surface area (Å²) in [5.41, 5.74) is 1.52. The maximum absolute atomic E-state index is 12.9. The van der Waals surface area contributed by atoms with Crippen LogP contribution in [0, 0.1) is 0 Å². The minimum atomic E-state index is -0.220. The van der Waals surface area contributed by atoms with Crippen molar-refractivity contribution < 1.29 is 23.7 Å². The van der Waals surface area contributed by atoms with E-state index in [-0.39, 0.29) is 11.9 Å². The molecule has 0 bridgehead atoms. The van der Waals surface area contributed by atoms with Crippen molar-refractivity contribution in [2.45, 2.75) is 6.04 Å². The number of aromatic nitrogens is 1. The van der Waals surface area contributed by atoms with Crippen molar-refractivity contribution in [3.05, 3.63) is 53.7 Å². The predicted octanol–water partition coefficient (Wildman–Crippen LogP) is 1.92. The number of benzene rings is 1. The molecule has 2 aromatic rings. The van der Waals surface area contributed by atoms with Crippen LogP contribution in [-0.4, -0.2) is 76.1 Å². The van der Waals surface area contributed by atoms with E-state index in [4.69, 9.17) is 18.9 Å². The monoisotopic (exact) mass is 415 g/mol. The molecular weight excluding hydrogens is 386 g/mol. The van der Waals surface area contributed by atoms with Crippen LogP contribution < -0.4 is 14.8 Å². The van der Waals surface area contributed by atoms with Crippen molar-refractivity contribution >= 4 is 5.91 Å². The second-order valence-corrected chi connectivity index (χ2v) is 6.84. The minimum Gasteiger partial charge on any atom is -0.497 e. The highest BCUT2D eigenvalue weighted by Gasteiger charge is 2.24. The third-order valence-corrected chi connectivity index (χ3v) is 4.99.